The van der Waals surface area contributed by atoms with Gasteiger partial charge in [-0.05, 0) is 20.4 Å². The molecule has 5 nitrogen and oxygen atoms in total. The molecule has 1 atom stereocenters. The zero-order valence-electron chi connectivity index (χ0n) is 10.1. The van der Waals surface area contributed by atoms with Crippen molar-refractivity contribution in [1.82, 2.24) is 15.3 Å². The number of nitrogens with one attached hydrogen (secondary N) is 1. The number of aliphatic hydroxyl groups is 1. The molecule has 5 heteroatoms. The minimum Gasteiger partial charge on any atom is -0.393 e. The van der Waals surface area contributed by atoms with Crippen molar-refractivity contribution in [2.24, 2.45) is 0 Å². The first-order valence-electron chi connectivity index (χ1n) is 5.48. The second-order valence-corrected chi connectivity index (χ2v) is 3.98. The van der Waals surface area contributed by atoms with Gasteiger partial charge < -0.3 is 15.3 Å². The van der Waals surface area contributed by atoms with Gasteiger partial charge >= 0.3 is 0 Å². The first-order chi connectivity index (χ1) is 7.63. The van der Waals surface area contributed by atoms with Crippen LogP contribution in [-0.2, 0) is 6.54 Å². The summed E-state index contributed by atoms with van der Waals surface area (Å²) in [7, 11) is 3.82. The second-order valence-electron chi connectivity index (χ2n) is 3.98. The Kier molecular flexibility index (Phi) is 5.14. The van der Waals surface area contributed by atoms with Crippen LogP contribution in [-0.4, -0.2) is 41.8 Å². The second kappa shape index (κ2) is 6.40. The quantitative estimate of drug-likeness (QED) is 0.732. The van der Waals surface area contributed by atoms with Crippen LogP contribution >= 0.6 is 0 Å². The molecule has 16 heavy (non-hydrogen) atoms. The summed E-state index contributed by atoms with van der Waals surface area (Å²) >= 11 is 0. The predicted octanol–water partition coefficient (Wildman–Crippen LogP) is 0.403. The van der Waals surface area contributed by atoms with E-state index in [9.17, 15) is 5.11 Å². The van der Waals surface area contributed by atoms with Gasteiger partial charge in [0.25, 0.3) is 0 Å². The molecule has 0 aliphatic heterocycles. The molecule has 0 radical (unpaired) electrons. The van der Waals surface area contributed by atoms with E-state index in [0.29, 0.717) is 5.95 Å². The fourth-order valence-electron chi connectivity index (χ4n) is 1.32. The van der Waals surface area contributed by atoms with E-state index in [1.54, 1.807) is 6.92 Å². The van der Waals surface area contributed by atoms with Gasteiger partial charge in [0.05, 0.1) is 6.10 Å². The summed E-state index contributed by atoms with van der Waals surface area (Å²) in [6, 6.07) is 0. The number of rotatable bonds is 6. The van der Waals surface area contributed by atoms with Crippen molar-refractivity contribution in [3.8, 4) is 0 Å². The summed E-state index contributed by atoms with van der Waals surface area (Å²) in [5.41, 5.74) is 1.06. The molecule has 1 unspecified atom stereocenters. The molecule has 1 aromatic rings. The SMILES string of the molecule is CNCc1cnc(N(C)CCC(C)O)nc1. The summed E-state index contributed by atoms with van der Waals surface area (Å²) in [6.07, 6.45) is 4.07. The van der Waals surface area contributed by atoms with Crippen molar-refractivity contribution in [2.45, 2.75) is 26.0 Å². The summed E-state index contributed by atoms with van der Waals surface area (Å²) in [5.74, 6) is 0.695. The molecule has 0 aliphatic carbocycles. The van der Waals surface area contributed by atoms with Gasteiger partial charge in [-0.15, -0.1) is 0 Å². The van der Waals surface area contributed by atoms with Crippen molar-refractivity contribution in [3.05, 3.63) is 18.0 Å². The lowest BCUT2D eigenvalue weighted by Crippen LogP contribution is -2.23. The van der Waals surface area contributed by atoms with Crippen LogP contribution in [0.5, 0.6) is 0 Å². The van der Waals surface area contributed by atoms with Crippen LogP contribution in [0.2, 0.25) is 0 Å². The van der Waals surface area contributed by atoms with Gasteiger partial charge in [-0.25, -0.2) is 9.97 Å². The van der Waals surface area contributed by atoms with Gasteiger partial charge in [0.1, 0.15) is 0 Å². The van der Waals surface area contributed by atoms with Crippen LogP contribution < -0.4 is 10.2 Å². The van der Waals surface area contributed by atoms with Crippen molar-refractivity contribution in [2.75, 3.05) is 25.5 Å². The average Bonchev–Trinajstić information content (AvgIpc) is 2.27. The van der Waals surface area contributed by atoms with E-state index >= 15 is 0 Å². The maximum Gasteiger partial charge on any atom is 0.224 e. The fourth-order valence-corrected chi connectivity index (χ4v) is 1.32. The highest BCUT2D eigenvalue weighted by atomic mass is 16.3. The van der Waals surface area contributed by atoms with E-state index in [0.717, 1.165) is 25.1 Å². The standard InChI is InChI=1S/C11H20N4O/c1-9(16)4-5-15(3)11-13-7-10(6-12-2)8-14-11/h7-9,12,16H,4-6H2,1-3H3. The Morgan fingerprint density at radius 2 is 2.06 bits per heavy atom. The maximum atomic E-state index is 9.19. The van der Waals surface area contributed by atoms with Crippen LogP contribution in [0.15, 0.2) is 12.4 Å². The largest absolute Gasteiger partial charge is 0.393 e. The van der Waals surface area contributed by atoms with Gasteiger partial charge in [-0.1, -0.05) is 0 Å². The van der Waals surface area contributed by atoms with Gasteiger partial charge in [0.15, 0.2) is 0 Å². The van der Waals surface area contributed by atoms with Crippen LogP contribution in [0.25, 0.3) is 0 Å². The lowest BCUT2D eigenvalue weighted by atomic mass is 10.3. The number of nitrogens with zero attached hydrogens (tertiary/aromatic N) is 3. The highest BCUT2D eigenvalue weighted by molar-refractivity contribution is 5.28. The van der Waals surface area contributed by atoms with Gasteiger partial charge in [-0.3, -0.25) is 0 Å². The van der Waals surface area contributed by atoms with Crippen molar-refractivity contribution in [3.63, 3.8) is 0 Å². The molecule has 2 N–H and O–H groups in total. The molecule has 0 aromatic carbocycles. The molecular formula is C11H20N4O. The molecule has 0 aliphatic rings. The van der Waals surface area contributed by atoms with E-state index in [2.05, 4.69) is 15.3 Å². The molecule has 0 fully saturated rings. The van der Waals surface area contributed by atoms with Crippen molar-refractivity contribution in [1.29, 1.82) is 0 Å². The number of hydrogen-bond donors (Lipinski definition) is 2. The van der Waals surface area contributed by atoms with Crippen LogP contribution in [0.4, 0.5) is 5.95 Å². The third-order valence-corrected chi connectivity index (χ3v) is 2.30. The zero-order chi connectivity index (χ0) is 12.0. The van der Waals surface area contributed by atoms with E-state index < -0.39 is 0 Å². The minimum absolute atomic E-state index is 0.286. The van der Waals surface area contributed by atoms with Crippen molar-refractivity contribution < 1.29 is 5.11 Å². The van der Waals surface area contributed by atoms with E-state index in [4.69, 9.17) is 0 Å². The lowest BCUT2D eigenvalue weighted by Gasteiger charge is -2.17. The van der Waals surface area contributed by atoms with E-state index in [-0.39, 0.29) is 6.10 Å². The van der Waals surface area contributed by atoms with Crippen LogP contribution in [0, 0.1) is 0 Å². The minimum atomic E-state index is -0.286. The molecule has 0 amide bonds. The maximum absolute atomic E-state index is 9.19. The predicted molar refractivity (Wildman–Crippen MR) is 64.4 cm³/mol. The van der Waals surface area contributed by atoms with Crippen molar-refractivity contribution >= 4 is 5.95 Å². The Bertz CT molecular complexity index is 299. The van der Waals surface area contributed by atoms with E-state index in [1.165, 1.54) is 0 Å². The molecule has 1 rings (SSSR count). The summed E-state index contributed by atoms with van der Waals surface area (Å²) in [5, 5.41) is 12.2. The lowest BCUT2D eigenvalue weighted by molar-refractivity contribution is 0.186. The summed E-state index contributed by atoms with van der Waals surface area (Å²) in [6.45, 7) is 3.31. The topological polar surface area (TPSA) is 61.3 Å². The zero-order valence-corrected chi connectivity index (χ0v) is 10.1. The number of aliphatic hydroxyl groups excluding tert-OH is 1. The normalized spacial score (nSPS) is 12.5. The molecule has 90 valence electrons. The highest BCUT2D eigenvalue weighted by Gasteiger charge is 2.05. The first-order valence-corrected chi connectivity index (χ1v) is 5.48. The molecule has 1 aromatic heterocycles. The monoisotopic (exact) mass is 224 g/mol. The Balaban J connectivity index is 2.52. The number of aromatic nitrogens is 2. The van der Waals surface area contributed by atoms with Crippen LogP contribution in [0.1, 0.15) is 18.9 Å². The van der Waals surface area contributed by atoms with Crippen LogP contribution in [0.3, 0.4) is 0 Å². The number of anilines is 1. The molecule has 1 heterocycles. The van der Waals surface area contributed by atoms with Gasteiger partial charge in [0, 0.05) is 38.1 Å². The molecule has 0 saturated carbocycles. The van der Waals surface area contributed by atoms with Gasteiger partial charge in [0.2, 0.25) is 5.95 Å². The van der Waals surface area contributed by atoms with Gasteiger partial charge in [-0.2, -0.15) is 0 Å². The Hall–Kier alpha value is -1.20. The molecule has 0 bridgehead atoms. The Morgan fingerprint density at radius 1 is 1.44 bits per heavy atom. The molecule has 0 saturated heterocycles. The highest BCUT2D eigenvalue weighted by Crippen LogP contribution is 2.06. The fraction of sp³-hybridized carbons (Fsp3) is 0.636. The molecule has 0 spiro atoms. The summed E-state index contributed by atoms with van der Waals surface area (Å²) < 4.78 is 0. The summed E-state index contributed by atoms with van der Waals surface area (Å²) in [4.78, 5) is 10.5. The smallest absolute Gasteiger partial charge is 0.224 e. The number of hydrogen-bond acceptors (Lipinski definition) is 5. The third-order valence-electron chi connectivity index (χ3n) is 2.30. The Labute approximate surface area is 96.5 Å². The Morgan fingerprint density at radius 3 is 2.56 bits per heavy atom. The first kappa shape index (κ1) is 12.9. The molecular weight excluding hydrogens is 204 g/mol. The third kappa shape index (κ3) is 4.12. The average molecular weight is 224 g/mol. The van der Waals surface area contributed by atoms with E-state index in [1.807, 2.05) is 31.4 Å².